The molecule has 9 heteroatoms. The molecule has 0 saturated carbocycles. The van der Waals surface area contributed by atoms with Gasteiger partial charge in [-0.15, -0.1) is 0 Å². The van der Waals surface area contributed by atoms with Gasteiger partial charge in [-0.3, -0.25) is 4.79 Å². The van der Waals surface area contributed by atoms with Crippen molar-refractivity contribution in [2.45, 2.75) is 77.0 Å². The van der Waals surface area contributed by atoms with Gasteiger partial charge in [-0.1, -0.05) is 0 Å². The molecule has 0 radical (unpaired) electrons. The minimum Gasteiger partial charge on any atom is -0.444 e. The number of carbonyl (C=O) groups is 3. The first-order valence-corrected chi connectivity index (χ1v) is 11.8. The average Bonchev–Trinajstić information content (AvgIpc) is 3.17. The lowest BCUT2D eigenvalue weighted by Gasteiger charge is -2.21. The third kappa shape index (κ3) is 8.72. The van der Waals surface area contributed by atoms with Crippen LogP contribution in [0.15, 0.2) is 0 Å². The van der Waals surface area contributed by atoms with Crippen LogP contribution in [0.5, 0.6) is 0 Å². The lowest BCUT2D eigenvalue weighted by atomic mass is 10.1. The fraction of sp³-hybridized carbons (Fsp3) is 0.850. The van der Waals surface area contributed by atoms with Crippen molar-refractivity contribution in [3.63, 3.8) is 0 Å². The van der Waals surface area contributed by atoms with E-state index < -0.39 is 5.60 Å². The second-order valence-corrected chi connectivity index (χ2v) is 9.73. The molecule has 3 N–H and O–H groups in total. The molecule has 2 atom stereocenters. The number of fused-ring (bicyclic) bond motifs is 1. The van der Waals surface area contributed by atoms with Crippen molar-refractivity contribution >= 4 is 29.8 Å². The SMILES string of the molecule is CC(C)(C)OC(=O)NCCCCCNC(=O)CCCCN1C(=O)N[C@@H]2CSC[C@@H]21. The van der Waals surface area contributed by atoms with Crippen molar-refractivity contribution in [1.29, 1.82) is 0 Å². The summed E-state index contributed by atoms with van der Waals surface area (Å²) in [5, 5.41) is 8.71. The van der Waals surface area contributed by atoms with Crippen molar-refractivity contribution in [3.05, 3.63) is 0 Å². The molecule has 8 nitrogen and oxygen atoms in total. The highest BCUT2D eigenvalue weighted by molar-refractivity contribution is 7.99. The van der Waals surface area contributed by atoms with Gasteiger partial charge < -0.3 is 25.6 Å². The molecule has 0 aliphatic carbocycles. The van der Waals surface area contributed by atoms with Crippen LogP contribution >= 0.6 is 11.8 Å². The summed E-state index contributed by atoms with van der Waals surface area (Å²) >= 11 is 1.89. The van der Waals surface area contributed by atoms with Gasteiger partial charge in [0.25, 0.3) is 0 Å². The van der Waals surface area contributed by atoms with E-state index in [1.807, 2.05) is 37.4 Å². The molecule has 0 aromatic rings. The number of carbonyl (C=O) groups excluding carboxylic acids is 3. The molecule has 2 fully saturated rings. The number of alkyl carbamates (subject to hydrolysis) is 1. The summed E-state index contributed by atoms with van der Waals surface area (Å²) < 4.78 is 5.17. The van der Waals surface area contributed by atoms with Gasteiger partial charge in [0.15, 0.2) is 0 Å². The zero-order valence-corrected chi connectivity index (χ0v) is 18.7. The largest absolute Gasteiger partial charge is 0.444 e. The van der Waals surface area contributed by atoms with E-state index in [-0.39, 0.29) is 18.0 Å². The highest BCUT2D eigenvalue weighted by Gasteiger charge is 2.42. The molecule has 29 heavy (non-hydrogen) atoms. The third-order valence-electron chi connectivity index (χ3n) is 4.92. The van der Waals surface area contributed by atoms with Crippen LogP contribution < -0.4 is 16.0 Å². The number of unbranched alkanes of at least 4 members (excludes halogenated alkanes) is 3. The summed E-state index contributed by atoms with van der Waals surface area (Å²) in [6, 6.07) is 0.673. The highest BCUT2D eigenvalue weighted by Crippen LogP contribution is 2.27. The first kappa shape index (κ1) is 23.6. The minimum absolute atomic E-state index is 0.0471. The predicted molar refractivity (Wildman–Crippen MR) is 115 cm³/mol. The van der Waals surface area contributed by atoms with E-state index in [9.17, 15) is 14.4 Å². The number of hydrogen-bond donors (Lipinski definition) is 3. The second-order valence-electron chi connectivity index (χ2n) is 8.65. The van der Waals surface area contributed by atoms with Gasteiger partial charge in [-0.25, -0.2) is 9.59 Å². The Morgan fingerprint density at radius 3 is 2.55 bits per heavy atom. The van der Waals surface area contributed by atoms with Gasteiger partial charge >= 0.3 is 12.1 Å². The number of ether oxygens (including phenoxy) is 1. The van der Waals surface area contributed by atoms with Gasteiger partial charge in [0.1, 0.15) is 5.60 Å². The molecule has 166 valence electrons. The first-order valence-electron chi connectivity index (χ1n) is 10.6. The molecule has 0 spiro atoms. The topological polar surface area (TPSA) is 99.8 Å². The zero-order valence-electron chi connectivity index (χ0n) is 17.9. The summed E-state index contributed by atoms with van der Waals surface area (Å²) in [7, 11) is 0. The maximum absolute atomic E-state index is 12.0. The van der Waals surface area contributed by atoms with Gasteiger partial charge in [0.2, 0.25) is 5.91 Å². The quantitative estimate of drug-likeness (QED) is 0.347. The average molecular weight is 429 g/mol. The maximum Gasteiger partial charge on any atom is 0.407 e. The van der Waals surface area contributed by atoms with E-state index in [1.54, 1.807) is 0 Å². The Kier molecular flexibility index (Phi) is 9.39. The minimum atomic E-state index is -0.479. The Labute approximate surface area is 178 Å². The Morgan fingerprint density at radius 2 is 1.83 bits per heavy atom. The molecule has 0 aromatic carbocycles. The van der Waals surface area contributed by atoms with Crippen molar-refractivity contribution in [3.8, 4) is 0 Å². The molecule has 4 amide bonds. The van der Waals surface area contributed by atoms with Gasteiger partial charge in [-0.05, 0) is 52.9 Å². The monoisotopic (exact) mass is 428 g/mol. The van der Waals surface area contributed by atoms with Crippen LogP contribution in [0.3, 0.4) is 0 Å². The van der Waals surface area contributed by atoms with E-state index in [0.29, 0.717) is 31.6 Å². The van der Waals surface area contributed by atoms with Crippen LogP contribution in [-0.4, -0.2) is 71.8 Å². The van der Waals surface area contributed by atoms with Crippen LogP contribution in [0.4, 0.5) is 9.59 Å². The second kappa shape index (κ2) is 11.5. The smallest absolute Gasteiger partial charge is 0.407 e. The molecule has 2 heterocycles. The summed E-state index contributed by atoms with van der Waals surface area (Å²) in [6.07, 6.45) is 4.42. The Balaban J connectivity index is 1.41. The number of urea groups is 1. The van der Waals surface area contributed by atoms with Crippen LogP contribution in [-0.2, 0) is 9.53 Å². The number of hydrogen-bond acceptors (Lipinski definition) is 5. The first-order chi connectivity index (χ1) is 13.8. The van der Waals surface area contributed by atoms with E-state index in [0.717, 1.165) is 50.2 Å². The predicted octanol–water partition coefficient (Wildman–Crippen LogP) is 2.48. The third-order valence-corrected chi connectivity index (χ3v) is 6.09. The van der Waals surface area contributed by atoms with Crippen LogP contribution in [0, 0.1) is 0 Å². The van der Waals surface area contributed by atoms with Crippen LogP contribution in [0.2, 0.25) is 0 Å². The van der Waals surface area contributed by atoms with Crippen molar-refractivity contribution in [2.24, 2.45) is 0 Å². The molecule has 2 rings (SSSR count). The summed E-state index contributed by atoms with van der Waals surface area (Å²) in [6.45, 7) is 7.47. The number of nitrogens with zero attached hydrogens (tertiary/aromatic N) is 1. The van der Waals surface area contributed by atoms with Crippen LogP contribution in [0.25, 0.3) is 0 Å². The molecule has 0 aromatic heterocycles. The number of nitrogens with one attached hydrogen (secondary N) is 3. The highest BCUT2D eigenvalue weighted by atomic mass is 32.2. The molecule has 0 bridgehead atoms. The summed E-state index contributed by atoms with van der Waals surface area (Å²) in [5.74, 6) is 2.08. The van der Waals surface area contributed by atoms with Crippen molar-refractivity contribution in [1.82, 2.24) is 20.9 Å². The molecular weight excluding hydrogens is 392 g/mol. The molecule has 2 aliphatic rings. The normalized spacial score (nSPS) is 20.9. The number of amides is 4. The number of thioether (sulfide) groups is 1. The number of rotatable bonds is 11. The van der Waals surface area contributed by atoms with E-state index >= 15 is 0 Å². The van der Waals surface area contributed by atoms with Gasteiger partial charge in [0.05, 0.1) is 12.1 Å². The fourth-order valence-electron chi connectivity index (χ4n) is 3.46. The zero-order chi connectivity index (χ0) is 21.3. The van der Waals surface area contributed by atoms with Gasteiger partial charge in [0, 0.05) is 37.6 Å². The molecule has 2 aliphatic heterocycles. The lowest BCUT2D eigenvalue weighted by molar-refractivity contribution is -0.121. The van der Waals surface area contributed by atoms with Crippen molar-refractivity contribution in [2.75, 3.05) is 31.1 Å². The Bertz CT molecular complexity index is 567. The van der Waals surface area contributed by atoms with Gasteiger partial charge in [-0.2, -0.15) is 11.8 Å². The standard InChI is InChI=1S/C20H36N4O4S/c1-20(2,3)28-19(27)22-11-7-4-6-10-21-17(25)9-5-8-12-24-16-14-29-13-15(16)23-18(24)26/h15-16H,4-14H2,1-3H3,(H,21,25)(H,22,27)(H,23,26)/t15-,16+/m1/s1. The lowest BCUT2D eigenvalue weighted by Crippen LogP contribution is -2.36. The molecule has 2 saturated heterocycles. The maximum atomic E-state index is 12.0. The van der Waals surface area contributed by atoms with Crippen molar-refractivity contribution < 1.29 is 19.1 Å². The van der Waals surface area contributed by atoms with E-state index in [1.165, 1.54) is 0 Å². The summed E-state index contributed by atoms with van der Waals surface area (Å²) in [4.78, 5) is 37.3. The van der Waals surface area contributed by atoms with E-state index in [4.69, 9.17) is 4.74 Å². The Morgan fingerprint density at radius 1 is 1.10 bits per heavy atom. The van der Waals surface area contributed by atoms with Crippen LogP contribution in [0.1, 0.15) is 59.3 Å². The van der Waals surface area contributed by atoms with E-state index in [2.05, 4.69) is 16.0 Å². The summed E-state index contributed by atoms with van der Waals surface area (Å²) in [5.41, 5.74) is -0.479. The Hall–Kier alpha value is -1.64. The molecule has 0 unspecified atom stereocenters. The fourth-order valence-corrected chi connectivity index (χ4v) is 4.81. The molecular formula is C20H36N4O4S.